The number of aliphatic hydroxyl groups is 1. The first-order chi connectivity index (χ1) is 7.53. The van der Waals surface area contributed by atoms with E-state index in [-0.39, 0.29) is 0 Å². The van der Waals surface area contributed by atoms with Crippen molar-refractivity contribution in [1.29, 1.82) is 0 Å². The summed E-state index contributed by atoms with van der Waals surface area (Å²) in [4.78, 5) is 0. The summed E-state index contributed by atoms with van der Waals surface area (Å²) in [5.41, 5.74) is 0.739. The van der Waals surface area contributed by atoms with Gasteiger partial charge in [0.25, 0.3) is 0 Å². The van der Waals surface area contributed by atoms with Crippen LogP contribution in [0.3, 0.4) is 0 Å². The number of hydrogen-bond acceptors (Lipinski definition) is 2. The molecular formula is C14H23NO. The first-order valence-corrected chi connectivity index (χ1v) is 6.03. The van der Waals surface area contributed by atoms with Gasteiger partial charge in [0.2, 0.25) is 0 Å². The molecule has 2 heteroatoms. The van der Waals surface area contributed by atoms with Gasteiger partial charge in [0, 0.05) is 6.04 Å². The minimum atomic E-state index is -0.581. The number of benzene rings is 1. The van der Waals surface area contributed by atoms with E-state index in [1.165, 1.54) is 5.56 Å². The van der Waals surface area contributed by atoms with Crippen molar-refractivity contribution >= 4 is 0 Å². The van der Waals surface area contributed by atoms with Crippen LogP contribution in [-0.2, 0) is 0 Å². The average molecular weight is 221 g/mol. The molecule has 0 bridgehead atoms. The lowest BCUT2D eigenvalue weighted by molar-refractivity contribution is 0.0703. The van der Waals surface area contributed by atoms with Gasteiger partial charge in [-0.15, -0.1) is 0 Å². The van der Waals surface area contributed by atoms with Crippen molar-refractivity contribution in [3.8, 4) is 0 Å². The topological polar surface area (TPSA) is 32.3 Å². The molecule has 16 heavy (non-hydrogen) atoms. The van der Waals surface area contributed by atoms with Crippen LogP contribution in [0.4, 0.5) is 0 Å². The molecule has 0 amide bonds. The predicted octanol–water partition coefficient (Wildman–Crippen LogP) is 2.89. The maximum absolute atomic E-state index is 9.63. The van der Waals surface area contributed by atoms with Crippen LogP contribution in [0, 0.1) is 0 Å². The van der Waals surface area contributed by atoms with E-state index in [2.05, 4.69) is 36.5 Å². The molecule has 0 aliphatic carbocycles. The van der Waals surface area contributed by atoms with Gasteiger partial charge in [-0.25, -0.2) is 0 Å². The Morgan fingerprint density at radius 2 is 1.88 bits per heavy atom. The monoisotopic (exact) mass is 221 g/mol. The molecule has 2 N–H and O–H groups in total. The number of hydrogen-bond donors (Lipinski definition) is 2. The summed E-state index contributed by atoms with van der Waals surface area (Å²) in [5, 5.41) is 13.1. The van der Waals surface area contributed by atoms with Crippen LogP contribution < -0.4 is 5.32 Å². The lowest BCUT2D eigenvalue weighted by Crippen LogP contribution is -2.29. The first-order valence-electron chi connectivity index (χ1n) is 6.03. The summed E-state index contributed by atoms with van der Waals surface area (Å²) in [6.45, 7) is 6.71. The molecule has 0 saturated heterocycles. The van der Waals surface area contributed by atoms with E-state index in [0.717, 1.165) is 19.4 Å². The van der Waals surface area contributed by atoms with Gasteiger partial charge >= 0.3 is 0 Å². The molecule has 0 heterocycles. The van der Waals surface area contributed by atoms with Crippen molar-refractivity contribution in [1.82, 2.24) is 5.32 Å². The fourth-order valence-corrected chi connectivity index (χ4v) is 1.74. The van der Waals surface area contributed by atoms with Crippen molar-refractivity contribution in [2.45, 2.75) is 45.3 Å². The van der Waals surface area contributed by atoms with Crippen molar-refractivity contribution < 1.29 is 5.11 Å². The van der Waals surface area contributed by atoms with Crippen LogP contribution in [0.2, 0.25) is 0 Å². The van der Waals surface area contributed by atoms with Gasteiger partial charge in [0.15, 0.2) is 0 Å². The molecule has 1 aromatic rings. The molecule has 0 aliphatic heterocycles. The zero-order valence-corrected chi connectivity index (χ0v) is 10.5. The first kappa shape index (κ1) is 13.2. The molecule has 1 atom stereocenters. The Morgan fingerprint density at radius 1 is 1.25 bits per heavy atom. The molecule has 0 aromatic heterocycles. The molecule has 0 aliphatic rings. The summed E-state index contributed by atoms with van der Waals surface area (Å²) in [6.07, 6.45) is 1.84. The summed E-state index contributed by atoms with van der Waals surface area (Å²) in [5.74, 6) is 0. The zero-order valence-electron chi connectivity index (χ0n) is 10.5. The largest absolute Gasteiger partial charge is 0.390 e. The van der Waals surface area contributed by atoms with Crippen molar-refractivity contribution in [2.24, 2.45) is 0 Å². The van der Waals surface area contributed by atoms with Crippen LogP contribution in [0.25, 0.3) is 0 Å². The molecule has 90 valence electrons. The molecule has 1 rings (SSSR count). The standard InChI is InChI=1S/C14H23NO/c1-4-13(12-8-6-5-7-9-12)15-11-10-14(2,3)16/h5-9,13,15-16H,4,10-11H2,1-3H3. The smallest absolute Gasteiger partial charge is 0.0603 e. The van der Waals surface area contributed by atoms with Gasteiger partial charge in [-0.05, 0) is 38.8 Å². The lowest BCUT2D eigenvalue weighted by Gasteiger charge is -2.21. The van der Waals surface area contributed by atoms with Crippen molar-refractivity contribution in [2.75, 3.05) is 6.54 Å². The second-order valence-corrected chi connectivity index (χ2v) is 4.89. The minimum Gasteiger partial charge on any atom is -0.390 e. The Morgan fingerprint density at radius 3 is 2.38 bits per heavy atom. The Balaban J connectivity index is 2.45. The summed E-state index contributed by atoms with van der Waals surface area (Å²) in [6, 6.07) is 10.8. The zero-order chi connectivity index (χ0) is 12.0. The third-order valence-electron chi connectivity index (χ3n) is 2.74. The average Bonchev–Trinajstić information content (AvgIpc) is 2.24. The van der Waals surface area contributed by atoms with Gasteiger partial charge < -0.3 is 10.4 Å². The fourth-order valence-electron chi connectivity index (χ4n) is 1.74. The van der Waals surface area contributed by atoms with Gasteiger partial charge in [-0.2, -0.15) is 0 Å². The second kappa shape index (κ2) is 6.02. The highest BCUT2D eigenvalue weighted by molar-refractivity contribution is 5.18. The second-order valence-electron chi connectivity index (χ2n) is 4.89. The van der Waals surface area contributed by atoms with Gasteiger partial charge in [0.05, 0.1) is 5.60 Å². The van der Waals surface area contributed by atoms with E-state index in [9.17, 15) is 5.11 Å². The molecule has 2 nitrogen and oxygen atoms in total. The molecule has 1 aromatic carbocycles. The third-order valence-corrected chi connectivity index (χ3v) is 2.74. The predicted molar refractivity (Wildman–Crippen MR) is 68.4 cm³/mol. The number of nitrogens with one attached hydrogen (secondary N) is 1. The summed E-state index contributed by atoms with van der Waals surface area (Å²) >= 11 is 0. The minimum absolute atomic E-state index is 0.392. The molecule has 0 radical (unpaired) electrons. The van der Waals surface area contributed by atoms with Crippen LogP contribution in [0.15, 0.2) is 30.3 Å². The van der Waals surface area contributed by atoms with E-state index in [1.54, 1.807) is 0 Å². The molecule has 1 unspecified atom stereocenters. The summed E-state index contributed by atoms with van der Waals surface area (Å²) in [7, 11) is 0. The number of rotatable bonds is 6. The Bertz CT molecular complexity index is 289. The SMILES string of the molecule is CCC(NCCC(C)(C)O)c1ccccc1. The maximum atomic E-state index is 9.63. The Hall–Kier alpha value is -0.860. The molecule has 0 spiro atoms. The molecular weight excluding hydrogens is 198 g/mol. The van der Waals surface area contributed by atoms with Crippen LogP contribution >= 0.6 is 0 Å². The van der Waals surface area contributed by atoms with E-state index < -0.39 is 5.60 Å². The molecule has 0 fully saturated rings. The highest BCUT2D eigenvalue weighted by Crippen LogP contribution is 2.16. The highest BCUT2D eigenvalue weighted by atomic mass is 16.3. The molecule has 0 saturated carbocycles. The Kier molecular flexibility index (Phi) is 4.97. The van der Waals surface area contributed by atoms with Gasteiger partial charge in [0.1, 0.15) is 0 Å². The van der Waals surface area contributed by atoms with E-state index >= 15 is 0 Å². The van der Waals surface area contributed by atoms with Crippen molar-refractivity contribution in [3.05, 3.63) is 35.9 Å². The van der Waals surface area contributed by atoms with Crippen molar-refractivity contribution in [3.63, 3.8) is 0 Å². The third kappa shape index (κ3) is 4.77. The van der Waals surface area contributed by atoms with E-state index in [0.29, 0.717) is 6.04 Å². The quantitative estimate of drug-likeness (QED) is 0.774. The fraction of sp³-hybridized carbons (Fsp3) is 0.571. The van der Waals surface area contributed by atoms with Gasteiger partial charge in [-0.3, -0.25) is 0 Å². The van der Waals surface area contributed by atoms with E-state index in [4.69, 9.17) is 0 Å². The normalized spacial score (nSPS) is 13.8. The van der Waals surface area contributed by atoms with Crippen LogP contribution in [0.5, 0.6) is 0 Å². The highest BCUT2D eigenvalue weighted by Gasteiger charge is 2.13. The maximum Gasteiger partial charge on any atom is 0.0603 e. The van der Waals surface area contributed by atoms with Crippen LogP contribution in [-0.4, -0.2) is 17.3 Å². The van der Waals surface area contributed by atoms with Gasteiger partial charge in [-0.1, -0.05) is 37.3 Å². The summed E-state index contributed by atoms with van der Waals surface area (Å²) < 4.78 is 0. The lowest BCUT2D eigenvalue weighted by atomic mass is 10.0. The Labute approximate surface area is 98.7 Å². The van der Waals surface area contributed by atoms with Crippen LogP contribution in [0.1, 0.15) is 45.2 Å². The van der Waals surface area contributed by atoms with E-state index in [1.807, 2.05) is 19.9 Å².